The first-order valence-corrected chi connectivity index (χ1v) is 12.8. The number of aliphatic carboxylic acids is 1. The summed E-state index contributed by atoms with van der Waals surface area (Å²) in [6.45, 7) is 1.29. The zero-order chi connectivity index (χ0) is 22.6. The lowest BCUT2D eigenvalue weighted by molar-refractivity contribution is -0.151. The molecule has 0 radical (unpaired) electrons. The van der Waals surface area contributed by atoms with Gasteiger partial charge in [-0.15, -0.1) is 22.7 Å². The molecule has 0 aliphatic heterocycles. The van der Waals surface area contributed by atoms with Gasteiger partial charge in [0.25, 0.3) is 0 Å². The molecule has 0 bridgehead atoms. The number of ether oxygens (including phenoxy) is 1. The second kappa shape index (κ2) is 9.91. The quantitative estimate of drug-likeness (QED) is 0.243. The Balaban J connectivity index is 1.17. The number of carboxylic acid groups (broad SMARTS) is 1. The summed E-state index contributed by atoms with van der Waals surface area (Å²) in [6.07, 6.45) is 1.56. The van der Waals surface area contributed by atoms with Crippen molar-refractivity contribution >= 4 is 49.1 Å². The van der Waals surface area contributed by atoms with E-state index in [1.54, 1.807) is 0 Å². The Hall–Kier alpha value is -2.93. The van der Waals surface area contributed by atoms with E-state index >= 15 is 0 Å². The Bertz CT molecular complexity index is 1300. The summed E-state index contributed by atoms with van der Waals surface area (Å²) in [7, 11) is 0. The molecular weight excluding hydrogens is 450 g/mol. The number of benzene rings is 2. The number of carboxylic acids is 1. The number of rotatable bonds is 10. The molecule has 1 atom stereocenters. The van der Waals surface area contributed by atoms with Gasteiger partial charge in [0.05, 0.1) is 6.61 Å². The summed E-state index contributed by atoms with van der Waals surface area (Å²) < 4.78 is 8.14. The molecule has 0 aliphatic rings. The van der Waals surface area contributed by atoms with Crippen LogP contribution in [-0.4, -0.2) is 21.7 Å². The van der Waals surface area contributed by atoms with Gasteiger partial charge < -0.3 is 14.4 Å². The second-order valence-corrected chi connectivity index (χ2v) is 9.97. The minimum atomic E-state index is -0.929. The van der Waals surface area contributed by atoms with E-state index in [1.165, 1.54) is 26.0 Å². The first-order chi connectivity index (χ1) is 16.2. The molecule has 0 aliphatic carbocycles. The van der Waals surface area contributed by atoms with Gasteiger partial charge >= 0.3 is 5.97 Å². The molecule has 0 saturated carbocycles. The van der Waals surface area contributed by atoms with Crippen molar-refractivity contribution in [3.05, 3.63) is 94.2 Å². The van der Waals surface area contributed by atoms with Crippen LogP contribution in [0.3, 0.4) is 0 Å². The minimum absolute atomic E-state index is 0.296. The van der Waals surface area contributed by atoms with Crippen molar-refractivity contribution in [2.75, 3.05) is 0 Å². The molecule has 1 N–H and O–H groups in total. The van der Waals surface area contributed by atoms with E-state index < -0.39 is 12.1 Å². The highest BCUT2D eigenvalue weighted by atomic mass is 32.1. The molecule has 2 aromatic carbocycles. The van der Waals surface area contributed by atoms with Crippen LogP contribution < -0.4 is 0 Å². The van der Waals surface area contributed by atoms with Crippen molar-refractivity contribution in [3.63, 3.8) is 0 Å². The lowest BCUT2D eigenvalue weighted by Gasteiger charge is -2.14. The fourth-order valence-electron chi connectivity index (χ4n) is 4.21. The first kappa shape index (κ1) is 21.9. The lowest BCUT2D eigenvalue weighted by Crippen LogP contribution is -2.26. The van der Waals surface area contributed by atoms with Crippen LogP contribution in [0.15, 0.2) is 77.5 Å². The number of aromatic nitrogens is 1. The van der Waals surface area contributed by atoms with E-state index in [0.29, 0.717) is 13.0 Å². The molecule has 0 saturated heterocycles. The summed E-state index contributed by atoms with van der Waals surface area (Å²) in [4.78, 5) is 14.4. The van der Waals surface area contributed by atoms with Crippen LogP contribution in [0.1, 0.15) is 23.1 Å². The molecule has 33 heavy (non-hydrogen) atoms. The molecule has 168 valence electrons. The monoisotopic (exact) mass is 475 g/mol. The molecule has 5 rings (SSSR count). The Labute approximate surface area is 200 Å². The third-order valence-electron chi connectivity index (χ3n) is 5.93. The van der Waals surface area contributed by atoms with Crippen LogP contribution >= 0.6 is 22.7 Å². The fraction of sp³-hybridized carbons (Fsp3) is 0.222. The van der Waals surface area contributed by atoms with Gasteiger partial charge in [-0.25, -0.2) is 4.79 Å². The topological polar surface area (TPSA) is 51.5 Å². The Kier molecular flexibility index (Phi) is 6.58. The summed E-state index contributed by atoms with van der Waals surface area (Å²) in [5.41, 5.74) is 3.22. The standard InChI is InChI=1S/C27H25NO3S2/c29-27(30)24(31-18-21-5-2-1-3-6-21)17-20-10-8-19(9-11-20)7-4-14-28-25-22(12-15-32-25)23-13-16-33-26(23)28/h1-3,5-6,8-13,15-16,24H,4,7,14,17-18H2,(H,29,30). The normalized spacial score (nSPS) is 12.5. The highest BCUT2D eigenvalue weighted by molar-refractivity contribution is 7.19. The van der Waals surface area contributed by atoms with E-state index in [1.807, 2.05) is 65.1 Å². The summed E-state index contributed by atoms with van der Waals surface area (Å²) >= 11 is 3.63. The largest absolute Gasteiger partial charge is 0.479 e. The molecule has 0 fully saturated rings. The highest BCUT2D eigenvalue weighted by Crippen LogP contribution is 2.35. The van der Waals surface area contributed by atoms with Gasteiger partial charge in [0, 0.05) is 23.7 Å². The summed E-state index contributed by atoms with van der Waals surface area (Å²) in [5.74, 6) is -0.929. The van der Waals surface area contributed by atoms with Gasteiger partial charge in [0.15, 0.2) is 6.10 Å². The number of aryl methyl sites for hydroxylation is 2. The number of hydrogen-bond donors (Lipinski definition) is 1. The minimum Gasteiger partial charge on any atom is -0.479 e. The number of thiophene rings is 2. The lowest BCUT2D eigenvalue weighted by atomic mass is 10.0. The molecule has 3 heterocycles. The van der Waals surface area contributed by atoms with Gasteiger partial charge in [-0.3, -0.25) is 0 Å². The zero-order valence-electron chi connectivity index (χ0n) is 18.1. The molecule has 4 nitrogen and oxygen atoms in total. The van der Waals surface area contributed by atoms with Crippen molar-refractivity contribution in [3.8, 4) is 0 Å². The number of carbonyl (C=O) groups is 1. The van der Waals surface area contributed by atoms with Crippen LogP contribution in [0.5, 0.6) is 0 Å². The van der Waals surface area contributed by atoms with E-state index in [4.69, 9.17) is 4.74 Å². The van der Waals surface area contributed by atoms with Crippen molar-refractivity contribution in [2.24, 2.45) is 0 Å². The van der Waals surface area contributed by atoms with Gasteiger partial charge in [0.1, 0.15) is 9.66 Å². The van der Waals surface area contributed by atoms with Gasteiger partial charge in [0.2, 0.25) is 0 Å². The molecule has 6 heteroatoms. The fourth-order valence-corrected chi connectivity index (χ4v) is 6.17. The third kappa shape index (κ3) is 4.88. The second-order valence-electron chi connectivity index (χ2n) is 8.18. The average Bonchev–Trinajstić information content (AvgIpc) is 3.54. The molecular formula is C27H25NO3S2. The van der Waals surface area contributed by atoms with Crippen molar-refractivity contribution in [2.45, 2.75) is 38.5 Å². The van der Waals surface area contributed by atoms with Crippen molar-refractivity contribution in [1.82, 2.24) is 4.57 Å². The molecule has 5 aromatic rings. The van der Waals surface area contributed by atoms with Gasteiger partial charge in [-0.05, 0) is 52.4 Å². The molecule has 0 amide bonds. The molecule has 3 aromatic heterocycles. The predicted molar refractivity (Wildman–Crippen MR) is 136 cm³/mol. The third-order valence-corrected chi connectivity index (χ3v) is 7.80. The smallest absolute Gasteiger partial charge is 0.333 e. The SMILES string of the molecule is O=C(O)C(Cc1ccc(CCCn2c3sccc3c3ccsc32)cc1)OCc1ccccc1. The van der Waals surface area contributed by atoms with Crippen LogP contribution in [0.2, 0.25) is 0 Å². The summed E-state index contributed by atoms with van der Waals surface area (Å²) in [6, 6.07) is 22.4. The Morgan fingerprint density at radius 2 is 1.48 bits per heavy atom. The van der Waals surface area contributed by atoms with Crippen LogP contribution in [0.25, 0.3) is 20.4 Å². The average molecular weight is 476 g/mol. The maximum absolute atomic E-state index is 11.7. The summed E-state index contributed by atoms with van der Waals surface area (Å²) in [5, 5.41) is 16.6. The number of nitrogens with zero attached hydrogens (tertiary/aromatic N) is 1. The van der Waals surface area contributed by atoms with E-state index in [2.05, 4.69) is 39.6 Å². The van der Waals surface area contributed by atoms with Gasteiger partial charge in [-0.1, -0.05) is 54.6 Å². The van der Waals surface area contributed by atoms with Gasteiger partial charge in [-0.2, -0.15) is 0 Å². The zero-order valence-corrected chi connectivity index (χ0v) is 19.8. The Morgan fingerprint density at radius 3 is 2.12 bits per heavy atom. The first-order valence-electron chi connectivity index (χ1n) is 11.1. The van der Waals surface area contributed by atoms with E-state index in [9.17, 15) is 9.90 Å². The van der Waals surface area contributed by atoms with Crippen LogP contribution in [0, 0.1) is 0 Å². The van der Waals surface area contributed by atoms with Crippen molar-refractivity contribution < 1.29 is 14.6 Å². The van der Waals surface area contributed by atoms with Crippen LogP contribution in [-0.2, 0) is 35.5 Å². The molecule has 1 unspecified atom stereocenters. The van der Waals surface area contributed by atoms with E-state index in [-0.39, 0.29) is 0 Å². The maximum atomic E-state index is 11.7. The van der Waals surface area contributed by atoms with Crippen LogP contribution in [0.4, 0.5) is 0 Å². The van der Waals surface area contributed by atoms with E-state index in [0.717, 1.165) is 30.5 Å². The predicted octanol–water partition coefficient (Wildman–Crippen LogP) is 6.76. The molecule has 0 spiro atoms. The van der Waals surface area contributed by atoms with Crippen molar-refractivity contribution in [1.29, 1.82) is 0 Å². The number of hydrogen-bond acceptors (Lipinski definition) is 4. The number of fused-ring (bicyclic) bond motifs is 3. The Morgan fingerprint density at radius 1 is 0.848 bits per heavy atom. The highest BCUT2D eigenvalue weighted by Gasteiger charge is 2.19. The maximum Gasteiger partial charge on any atom is 0.333 e.